The molecule has 0 aromatic heterocycles. The van der Waals surface area contributed by atoms with Crippen molar-refractivity contribution in [1.29, 1.82) is 0 Å². The fourth-order valence-corrected chi connectivity index (χ4v) is 1.39. The van der Waals surface area contributed by atoms with Crippen LogP contribution in [-0.2, 0) is 0 Å². The molecule has 0 aliphatic rings. The lowest BCUT2D eigenvalue weighted by molar-refractivity contribution is -0.195. The molecule has 13 heavy (non-hydrogen) atoms. The Hall–Kier alpha value is 0.0200. The van der Waals surface area contributed by atoms with Crippen molar-refractivity contribution < 1.29 is 28.5 Å². The van der Waals surface area contributed by atoms with Crippen LogP contribution in [0.25, 0.3) is 0 Å². The SMILES string of the molecule is OCC(O)CSCC(O)C(F)(F)F. The summed E-state index contributed by atoms with van der Waals surface area (Å²) in [4.78, 5) is 0. The van der Waals surface area contributed by atoms with E-state index in [1.807, 2.05) is 0 Å². The van der Waals surface area contributed by atoms with E-state index in [0.29, 0.717) is 0 Å². The molecule has 0 radical (unpaired) electrons. The lowest BCUT2D eigenvalue weighted by Gasteiger charge is -2.14. The van der Waals surface area contributed by atoms with Crippen LogP contribution in [0.5, 0.6) is 0 Å². The first-order chi connectivity index (χ1) is 5.88. The van der Waals surface area contributed by atoms with Crippen LogP contribution in [0.1, 0.15) is 0 Å². The molecule has 0 saturated carbocycles. The minimum Gasteiger partial charge on any atom is -0.394 e. The second-order valence-electron chi connectivity index (χ2n) is 2.43. The van der Waals surface area contributed by atoms with Crippen molar-refractivity contribution in [3.63, 3.8) is 0 Å². The Labute approximate surface area is 77.6 Å². The van der Waals surface area contributed by atoms with Gasteiger partial charge in [-0.25, -0.2) is 0 Å². The molecule has 3 N–H and O–H groups in total. The highest BCUT2D eigenvalue weighted by atomic mass is 32.2. The van der Waals surface area contributed by atoms with Crippen molar-refractivity contribution in [2.75, 3.05) is 18.1 Å². The molecular formula is C6H11F3O3S. The van der Waals surface area contributed by atoms with Gasteiger partial charge in [0, 0.05) is 11.5 Å². The molecule has 0 saturated heterocycles. The summed E-state index contributed by atoms with van der Waals surface area (Å²) < 4.78 is 35.0. The van der Waals surface area contributed by atoms with E-state index in [4.69, 9.17) is 15.3 Å². The van der Waals surface area contributed by atoms with Crippen LogP contribution in [0, 0.1) is 0 Å². The van der Waals surface area contributed by atoms with Crippen LogP contribution in [0.2, 0.25) is 0 Å². The number of rotatable bonds is 5. The molecule has 3 nitrogen and oxygen atoms in total. The Morgan fingerprint density at radius 3 is 2.08 bits per heavy atom. The van der Waals surface area contributed by atoms with Gasteiger partial charge in [0.25, 0.3) is 0 Å². The standard InChI is InChI=1S/C6H11F3O3S/c7-6(8,9)5(12)3-13-2-4(11)1-10/h4-5,10-12H,1-3H2. The molecule has 0 rings (SSSR count). The number of aliphatic hydroxyl groups is 3. The largest absolute Gasteiger partial charge is 0.415 e. The first-order valence-electron chi connectivity index (χ1n) is 3.49. The molecule has 80 valence electrons. The molecule has 0 aromatic rings. The Kier molecular flexibility index (Phi) is 5.70. The van der Waals surface area contributed by atoms with Crippen molar-refractivity contribution in [3.05, 3.63) is 0 Å². The monoisotopic (exact) mass is 220 g/mol. The van der Waals surface area contributed by atoms with Gasteiger partial charge in [-0.3, -0.25) is 0 Å². The zero-order chi connectivity index (χ0) is 10.5. The van der Waals surface area contributed by atoms with E-state index < -0.39 is 30.7 Å². The minimum absolute atomic E-state index is 0.0242. The molecule has 0 amide bonds. The summed E-state index contributed by atoms with van der Waals surface area (Å²) in [5.41, 5.74) is 0. The first-order valence-corrected chi connectivity index (χ1v) is 4.65. The summed E-state index contributed by atoms with van der Waals surface area (Å²) in [6.07, 6.45) is -8.02. The summed E-state index contributed by atoms with van der Waals surface area (Å²) in [5.74, 6) is -0.551. The molecule has 7 heteroatoms. The van der Waals surface area contributed by atoms with Crippen molar-refractivity contribution in [1.82, 2.24) is 0 Å². The topological polar surface area (TPSA) is 60.7 Å². The second-order valence-corrected chi connectivity index (χ2v) is 3.51. The van der Waals surface area contributed by atoms with Crippen LogP contribution >= 0.6 is 11.8 Å². The molecule has 0 bridgehead atoms. The highest BCUT2D eigenvalue weighted by Crippen LogP contribution is 2.22. The average Bonchev–Trinajstić information content (AvgIpc) is 2.02. The Morgan fingerprint density at radius 1 is 1.15 bits per heavy atom. The zero-order valence-electron chi connectivity index (χ0n) is 6.66. The number of hydrogen-bond donors (Lipinski definition) is 3. The van der Waals surface area contributed by atoms with E-state index in [1.165, 1.54) is 0 Å². The van der Waals surface area contributed by atoms with Gasteiger partial charge in [0.15, 0.2) is 6.10 Å². The number of aliphatic hydroxyl groups excluding tert-OH is 3. The van der Waals surface area contributed by atoms with Crippen molar-refractivity contribution in [3.8, 4) is 0 Å². The van der Waals surface area contributed by atoms with E-state index >= 15 is 0 Å². The molecule has 2 unspecified atom stereocenters. The highest BCUT2D eigenvalue weighted by molar-refractivity contribution is 7.99. The zero-order valence-corrected chi connectivity index (χ0v) is 7.48. The second kappa shape index (κ2) is 5.69. The van der Waals surface area contributed by atoms with Crippen LogP contribution in [0.3, 0.4) is 0 Å². The number of thioether (sulfide) groups is 1. The van der Waals surface area contributed by atoms with Gasteiger partial charge in [0.2, 0.25) is 0 Å². The fraction of sp³-hybridized carbons (Fsp3) is 1.00. The smallest absolute Gasteiger partial charge is 0.394 e. The van der Waals surface area contributed by atoms with Gasteiger partial charge in [0.05, 0.1) is 12.7 Å². The van der Waals surface area contributed by atoms with Crippen molar-refractivity contribution in [2.24, 2.45) is 0 Å². The predicted molar refractivity (Wildman–Crippen MR) is 42.5 cm³/mol. The number of alkyl halides is 3. The molecule has 0 aromatic carbocycles. The Balaban J connectivity index is 3.54. The van der Waals surface area contributed by atoms with Gasteiger partial charge in [0.1, 0.15) is 0 Å². The summed E-state index contributed by atoms with van der Waals surface area (Å²) in [5, 5.41) is 25.5. The van der Waals surface area contributed by atoms with E-state index in [1.54, 1.807) is 0 Å². The number of halogens is 3. The fourth-order valence-electron chi connectivity index (χ4n) is 0.463. The third kappa shape index (κ3) is 6.14. The van der Waals surface area contributed by atoms with Crippen LogP contribution < -0.4 is 0 Å². The molecule has 0 aliphatic heterocycles. The lowest BCUT2D eigenvalue weighted by atomic mass is 10.4. The van der Waals surface area contributed by atoms with Gasteiger partial charge in [-0.05, 0) is 0 Å². The molecule has 0 fully saturated rings. The van der Waals surface area contributed by atoms with Crippen molar-refractivity contribution >= 4 is 11.8 Å². The normalized spacial score (nSPS) is 17.1. The molecule has 0 heterocycles. The van der Waals surface area contributed by atoms with Crippen molar-refractivity contribution in [2.45, 2.75) is 18.4 Å². The summed E-state index contributed by atoms with van der Waals surface area (Å²) in [7, 11) is 0. The Bertz CT molecular complexity index is 142. The molecule has 2 atom stereocenters. The van der Waals surface area contributed by atoms with Gasteiger partial charge in [-0.15, -0.1) is 0 Å². The van der Waals surface area contributed by atoms with Gasteiger partial charge >= 0.3 is 6.18 Å². The first kappa shape index (κ1) is 13.0. The maximum Gasteiger partial charge on any atom is 0.415 e. The average molecular weight is 220 g/mol. The molecule has 0 spiro atoms. The quantitative estimate of drug-likeness (QED) is 0.610. The van der Waals surface area contributed by atoms with Gasteiger partial charge in [-0.1, -0.05) is 0 Å². The predicted octanol–water partition coefficient (Wildman–Crippen LogP) is -0.00400. The van der Waals surface area contributed by atoms with Crippen LogP contribution in [0.15, 0.2) is 0 Å². The maximum absolute atomic E-state index is 11.7. The van der Waals surface area contributed by atoms with E-state index in [2.05, 4.69) is 0 Å². The minimum atomic E-state index is -4.61. The highest BCUT2D eigenvalue weighted by Gasteiger charge is 2.37. The van der Waals surface area contributed by atoms with E-state index in [9.17, 15) is 13.2 Å². The third-order valence-electron chi connectivity index (χ3n) is 1.17. The Morgan fingerprint density at radius 2 is 1.69 bits per heavy atom. The van der Waals surface area contributed by atoms with Gasteiger partial charge < -0.3 is 15.3 Å². The third-order valence-corrected chi connectivity index (χ3v) is 2.35. The summed E-state index contributed by atoms with van der Waals surface area (Å²) >= 11 is 0.741. The summed E-state index contributed by atoms with van der Waals surface area (Å²) in [6, 6.07) is 0. The molecular weight excluding hydrogens is 209 g/mol. The van der Waals surface area contributed by atoms with Crippen LogP contribution in [0.4, 0.5) is 13.2 Å². The summed E-state index contributed by atoms with van der Waals surface area (Å²) in [6.45, 7) is -0.491. The maximum atomic E-state index is 11.7. The van der Waals surface area contributed by atoms with Crippen LogP contribution in [-0.4, -0.2) is 51.8 Å². The van der Waals surface area contributed by atoms with E-state index in [0.717, 1.165) is 11.8 Å². The molecule has 0 aliphatic carbocycles. The number of hydrogen-bond acceptors (Lipinski definition) is 4. The van der Waals surface area contributed by atoms with E-state index in [-0.39, 0.29) is 5.75 Å². The lowest BCUT2D eigenvalue weighted by Crippen LogP contribution is -2.31. The van der Waals surface area contributed by atoms with Gasteiger partial charge in [-0.2, -0.15) is 24.9 Å².